The van der Waals surface area contributed by atoms with E-state index in [1.165, 1.54) is 24.4 Å². The molecule has 5 nitrogen and oxygen atoms in total. The van der Waals surface area contributed by atoms with E-state index in [1.54, 1.807) is 24.5 Å². The number of amides is 1. The van der Waals surface area contributed by atoms with Gasteiger partial charge in [0.1, 0.15) is 17.4 Å². The summed E-state index contributed by atoms with van der Waals surface area (Å²) in [6.07, 6.45) is 3.11. The smallest absolute Gasteiger partial charge is 0.258 e. The molecule has 0 saturated carbocycles. The van der Waals surface area contributed by atoms with Gasteiger partial charge in [-0.25, -0.2) is 9.37 Å². The summed E-state index contributed by atoms with van der Waals surface area (Å²) < 4.78 is 18.8. The van der Waals surface area contributed by atoms with Crippen LogP contribution in [-0.2, 0) is 6.54 Å². The Bertz CT molecular complexity index is 786. The highest BCUT2D eigenvalue weighted by molar-refractivity contribution is 6.04. The van der Waals surface area contributed by atoms with E-state index in [0.29, 0.717) is 18.1 Å². The fourth-order valence-electron chi connectivity index (χ4n) is 2.01. The third-order valence-corrected chi connectivity index (χ3v) is 3.16. The first-order valence-electron chi connectivity index (χ1n) is 7.00. The highest BCUT2D eigenvalue weighted by Gasteiger charge is 2.11. The summed E-state index contributed by atoms with van der Waals surface area (Å²) in [6.45, 7) is 0.515. The van der Waals surface area contributed by atoms with Crippen molar-refractivity contribution >= 4 is 17.4 Å². The number of rotatable bonds is 5. The summed E-state index contributed by atoms with van der Waals surface area (Å²) in [7, 11) is 0. The Kier molecular flexibility index (Phi) is 4.33. The topological polar surface area (TPSA) is 67.2 Å². The van der Waals surface area contributed by atoms with E-state index in [-0.39, 0.29) is 5.56 Å². The molecule has 116 valence electrons. The van der Waals surface area contributed by atoms with Crippen LogP contribution in [0.5, 0.6) is 0 Å². The van der Waals surface area contributed by atoms with Crippen LogP contribution in [0.1, 0.15) is 16.1 Å². The molecule has 0 bridgehead atoms. The van der Waals surface area contributed by atoms with E-state index in [0.717, 1.165) is 5.76 Å². The fourth-order valence-corrected chi connectivity index (χ4v) is 2.01. The monoisotopic (exact) mass is 311 g/mol. The Balaban J connectivity index is 1.61. The van der Waals surface area contributed by atoms with Gasteiger partial charge in [0.25, 0.3) is 5.91 Å². The van der Waals surface area contributed by atoms with Gasteiger partial charge in [-0.3, -0.25) is 4.79 Å². The number of hydrogen-bond donors (Lipinski definition) is 2. The highest BCUT2D eigenvalue weighted by Crippen LogP contribution is 2.14. The van der Waals surface area contributed by atoms with Crippen LogP contribution in [0.2, 0.25) is 0 Å². The molecule has 6 heteroatoms. The number of furan rings is 1. The van der Waals surface area contributed by atoms with Gasteiger partial charge >= 0.3 is 0 Å². The van der Waals surface area contributed by atoms with E-state index in [2.05, 4.69) is 15.6 Å². The lowest BCUT2D eigenvalue weighted by Crippen LogP contribution is -2.13. The van der Waals surface area contributed by atoms with E-state index in [9.17, 15) is 9.18 Å². The second kappa shape index (κ2) is 6.74. The average molecular weight is 311 g/mol. The van der Waals surface area contributed by atoms with Crippen molar-refractivity contribution in [2.45, 2.75) is 6.54 Å². The molecule has 0 spiro atoms. The first-order chi connectivity index (χ1) is 11.2. The summed E-state index contributed by atoms with van der Waals surface area (Å²) >= 11 is 0. The SMILES string of the molecule is O=C(Nc1ccc(NCc2ccco2)nc1)c1ccccc1F. The van der Waals surface area contributed by atoms with Crippen LogP contribution in [-0.4, -0.2) is 10.9 Å². The quantitative estimate of drug-likeness (QED) is 0.754. The summed E-state index contributed by atoms with van der Waals surface area (Å²) in [6, 6.07) is 12.9. The number of benzene rings is 1. The summed E-state index contributed by atoms with van der Waals surface area (Å²) in [5.41, 5.74) is 0.481. The Labute approximate surface area is 132 Å². The number of pyridine rings is 1. The molecule has 3 rings (SSSR count). The van der Waals surface area contributed by atoms with Crippen molar-refractivity contribution in [2.24, 2.45) is 0 Å². The molecule has 1 aromatic carbocycles. The first kappa shape index (κ1) is 14.8. The highest BCUT2D eigenvalue weighted by atomic mass is 19.1. The number of aromatic nitrogens is 1. The minimum Gasteiger partial charge on any atom is -0.467 e. The second-order valence-corrected chi connectivity index (χ2v) is 4.80. The number of carbonyl (C=O) groups is 1. The van der Waals surface area contributed by atoms with Crippen molar-refractivity contribution in [1.29, 1.82) is 0 Å². The van der Waals surface area contributed by atoms with Crippen LogP contribution in [0.4, 0.5) is 15.9 Å². The molecule has 2 N–H and O–H groups in total. The number of nitrogens with one attached hydrogen (secondary N) is 2. The molecule has 0 unspecified atom stereocenters. The molecular formula is C17H14FN3O2. The summed E-state index contributed by atoms with van der Waals surface area (Å²) in [5, 5.41) is 5.70. The van der Waals surface area contributed by atoms with E-state index < -0.39 is 11.7 Å². The van der Waals surface area contributed by atoms with Gasteiger partial charge in [-0.2, -0.15) is 0 Å². The van der Waals surface area contributed by atoms with Crippen molar-refractivity contribution in [1.82, 2.24) is 4.98 Å². The standard InChI is InChI=1S/C17H14FN3O2/c18-15-6-2-1-5-14(15)17(22)21-12-7-8-16(19-10-12)20-11-13-4-3-9-23-13/h1-10H,11H2,(H,19,20)(H,21,22). The number of anilines is 2. The molecule has 0 aliphatic heterocycles. The zero-order valence-corrected chi connectivity index (χ0v) is 12.1. The molecule has 0 radical (unpaired) electrons. The molecule has 3 aromatic rings. The van der Waals surface area contributed by atoms with Crippen LogP contribution >= 0.6 is 0 Å². The van der Waals surface area contributed by atoms with Crippen LogP contribution < -0.4 is 10.6 Å². The zero-order chi connectivity index (χ0) is 16.1. The van der Waals surface area contributed by atoms with Crippen molar-refractivity contribution in [3.63, 3.8) is 0 Å². The summed E-state index contributed by atoms with van der Waals surface area (Å²) in [5.74, 6) is 0.366. The Morgan fingerprint density at radius 1 is 1.13 bits per heavy atom. The van der Waals surface area contributed by atoms with Gasteiger partial charge in [0, 0.05) is 0 Å². The molecule has 23 heavy (non-hydrogen) atoms. The maximum absolute atomic E-state index is 13.5. The Hall–Kier alpha value is -3.15. The fraction of sp³-hybridized carbons (Fsp3) is 0.0588. The van der Waals surface area contributed by atoms with E-state index in [4.69, 9.17) is 4.42 Å². The van der Waals surface area contributed by atoms with Gasteiger partial charge in [0.05, 0.1) is 30.3 Å². The third-order valence-electron chi connectivity index (χ3n) is 3.16. The minimum absolute atomic E-state index is 0.00693. The van der Waals surface area contributed by atoms with Crippen molar-refractivity contribution in [2.75, 3.05) is 10.6 Å². The molecule has 1 amide bonds. The van der Waals surface area contributed by atoms with Gasteiger partial charge in [0.15, 0.2) is 0 Å². The van der Waals surface area contributed by atoms with Gasteiger partial charge in [-0.15, -0.1) is 0 Å². The third kappa shape index (κ3) is 3.74. The maximum atomic E-state index is 13.5. The molecule has 0 saturated heterocycles. The number of nitrogens with zero attached hydrogens (tertiary/aromatic N) is 1. The van der Waals surface area contributed by atoms with Gasteiger partial charge in [0.2, 0.25) is 0 Å². The van der Waals surface area contributed by atoms with E-state index >= 15 is 0 Å². The van der Waals surface area contributed by atoms with Gasteiger partial charge < -0.3 is 15.1 Å². The lowest BCUT2D eigenvalue weighted by atomic mass is 10.2. The molecule has 2 heterocycles. The number of carbonyl (C=O) groups excluding carboxylic acids is 1. The van der Waals surface area contributed by atoms with E-state index in [1.807, 2.05) is 12.1 Å². The first-order valence-corrected chi connectivity index (χ1v) is 7.00. The Morgan fingerprint density at radius 2 is 2.00 bits per heavy atom. The summed E-state index contributed by atoms with van der Waals surface area (Å²) in [4.78, 5) is 16.2. The Morgan fingerprint density at radius 3 is 2.70 bits per heavy atom. The lowest BCUT2D eigenvalue weighted by molar-refractivity contribution is 0.102. The molecule has 0 aliphatic carbocycles. The van der Waals surface area contributed by atoms with Crippen LogP contribution in [0.15, 0.2) is 65.4 Å². The molecule has 2 aromatic heterocycles. The van der Waals surface area contributed by atoms with Crippen LogP contribution in [0.3, 0.4) is 0 Å². The van der Waals surface area contributed by atoms with Crippen LogP contribution in [0, 0.1) is 5.82 Å². The van der Waals surface area contributed by atoms with Crippen molar-refractivity contribution < 1.29 is 13.6 Å². The van der Waals surface area contributed by atoms with Crippen molar-refractivity contribution in [3.8, 4) is 0 Å². The predicted octanol–water partition coefficient (Wildman–Crippen LogP) is 3.68. The maximum Gasteiger partial charge on any atom is 0.258 e. The predicted molar refractivity (Wildman–Crippen MR) is 84.6 cm³/mol. The lowest BCUT2D eigenvalue weighted by Gasteiger charge is -2.07. The molecule has 0 atom stereocenters. The number of hydrogen-bond acceptors (Lipinski definition) is 4. The number of halogens is 1. The second-order valence-electron chi connectivity index (χ2n) is 4.80. The molecule has 0 aliphatic rings. The largest absolute Gasteiger partial charge is 0.467 e. The molecule has 0 fully saturated rings. The van der Waals surface area contributed by atoms with Gasteiger partial charge in [-0.05, 0) is 36.4 Å². The van der Waals surface area contributed by atoms with Gasteiger partial charge in [-0.1, -0.05) is 12.1 Å². The normalized spacial score (nSPS) is 10.3. The van der Waals surface area contributed by atoms with Crippen molar-refractivity contribution in [3.05, 3.63) is 78.1 Å². The average Bonchev–Trinajstić information content (AvgIpc) is 3.08. The minimum atomic E-state index is -0.560. The zero-order valence-electron chi connectivity index (χ0n) is 12.1. The van der Waals surface area contributed by atoms with Crippen LogP contribution in [0.25, 0.3) is 0 Å². The molecular weight excluding hydrogens is 297 g/mol.